The van der Waals surface area contributed by atoms with Crippen molar-refractivity contribution in [2.24, 2.45) is 0 Å². The third kappa shape index (κ3) is 5.53. The highest BCUT2D eigenvalue weighted by molar-refractivity contribution is 9.10. The number of aliphatic hydroxyl groups is 1. The molecule has 0 aliphatic carbocycles. The summed E-state index contributed by atoms with van der Waals surface area (Å²) >= 11 is 3.47. The van der Waals surface area contributed by atoms with Gasteiger partial charge in [0.2, 0.25) is 0 Å². The number of aromatic nitrogens is 4. The van der Waals surface area contributed by atoms with Gasteiger partial charge in [-0.25, -0.2) is 9.67 Å². The fourth-order valence-electron chi connectivity index (χ4n) is 3.05. The van der Waals surface area contributed by atoms with Crippen LogP contribution in [-0.4, -0.2) is 44.7 Å². The number of rotatable bonds is 8. The number of pyridine rings is 1. The highest BCUT2D eigenvalue weighted by Crippen LogP contribution is 2.32. The fourth-order valence-corrected chi connectivity index (χ4v) is 4.14. The summed E-state index contributed by atoms with van der Waals surface area (Å²) in [5.74, 6) is 0. The molecule has 6 nitrogen and oxygen atoms in total. The van der Waals surface area contributed by atoms with E-state index in [-0.39, 0.29) is 0 Å². The summed E-state index contributed by atoms with van der Waals surface area (Å²) in [6.07, 6.45) is 7.76. The number of hydrogen-bond donors (Lipinski definition) is 1. The molecule has 0 saturated heterocycles. The van der Waals surface area contributed by atoms with Gasteiger partial charge in [-0.2, -0.15) is 5.10 Å². The Morgan fingerprint density at radius 1 is 1.21 bits per heavy atom. The topological polar surface area (TPSA) is 65.1 Å². The summed E-state index contributed by atoms with van der Waals surface area (Å²) in [7, 11) is -1.08. The maximum atomic E-state index is 10.3. The second-order valence-electron chi connectivity index (χ2n) is 9.12. The van der Waals surface area contributed by atoms with Crippen LogP contribution in [0.4, 0.5) is 0 Å². The molecular formula is C20H29BrN4O2Si. The monoisotopic (exact) mass is 464 g/mol. The van der Waals surface area contributed by atoms with Crippen LogP contribution in [-0.2, 0) is 18.0 Å². The van der Waals surface area contributed by atoms with Crippen molar-refractivity contribution in [3.05, 3.63) is 35.5 Å². The Bertz CT molecular complexity index is 953. The van der Waals surface area contributed by atoms with E-state index in [1.807, 2.05) is 33.9 Å². The normalized spacial score (nSPS) is 12.8. The zero-order chi connectivity index (χ0) is 20.5. The summed E-state index contributed by atoms with van der Waals surface area (Å²) in [6.45, 7) is 12.4. The molecule has 8 heteroatoms. The van der Waals surface area contributed by atoms with E-state index < -0.39 is 13.7 Å². The van der Waals surface area contributed by atoms with Gasteiger partial charge in [-0.3, -0.25) is 0 Å². The lowest BCUT2D eigenvalue weighted by Crippen LogP contribution is -2.25. The summed E-state index contributed by atoms with van der Waals surface area (Å²) in [5, 5.41) is 15.8. The number of nitrogens with zero attached hydrogens (tertiary/aromatic N) is 4. The van der Waals surface area contributed by atoms with Gasteiger partial charge < -0.3 is 14.4 Å². The first-order chi connectivity index (χ1) is 13.0. The first kappa shape index (κ1) is 21.2. The molecule has 0 radical (unpaired) electrons. The molecule has 0 unspecified atom stereocenters. The highest BCUT2D eigenvalue weighted by Gasteiger charge is 2.19. The van der Waals surface area contributed by atoms with E-state index in [0.717, 1.165) is 39.3 Å². The number of hydrogen-bond acceptors (Lipinski definition) is 4. The van der Waals surface area contributed by atoms with Gasteiger partial charge in [0.1, 0.15) is 11.3 Å². The quantitative estimate of drug-likeness (QED) is 0.296. The van der Waals surface area contributed by atoms with Crippen LogP contribution >= 0.6 is 15.9 Å². The Hall–Kier alpha value is -1.48. The molecule has 0 saturated carbocycles. The van der Waals surface area contributed by atoms with Crippen molar-refractivity contribution in [2.45, 2.75) is 58.4 Å². The highest BCUT2D eigenvalue weighted by atomic mass is 79.9. The summed E-state index contributed by atoms with van der Waals surface area (Å²) in [6, 6.07) is 3.15. The third-order valence-corrected chi connectivity index (χ3v) is 6.59. The maximum absolute atomic E-state index is 10.3. The standard InChI is InChI=1S/C20H29BrN4O2Si/c1-20(2,26)13-24-12-17(16-8-19(21)22-10-18(16)24)15-9-23-25(11-15)14-27-6-7-28(3,4)5/h8-12,26H,6-7,13-14H2,1-5H3. The molecule has 0 atom stereocenters. The Kier molecular flexibility index (Phi) is 6.14. The van der Waals surface area contributed by atoms with Crippen LogP contribution in [0.5, 0.6) is 0 Å². The molecule has 0 amide bonds. The molecule has 3 rings (SSSR count). The molecule has 28 heavy (non-hydrogen) atoms. The Balaban J connectivity index is 1.83. The number of halogens is 1. The lowest BCUT2D eigenvalue weighted by Gasteiger charge is -2.18. The molecule has 3 heterocycles. The van der Waals surface area contributed by atoms with Gasteiger partial charge in [-0.05, 0) is 41.9 Å². The lowest BCUT2D eigenvalue weighted by molar-refractivity contribution is 0.0628. The van der Waals surface area contributed by atoms with Gasteiger partial charge in [-0.1, -0.05) is 19.6 Å². The number of fused-ring (bicyclic) bond motifs is 1. The van der Waals surface area contributed by atoms with Gasteiger partial charge in [-0.15, -0.1) is 0 Å². The van der Waals surface area contributed by atoms with Gasteiger partial charge in [0.25, 0.3) is 0 Å². The van der Waals surface area contributed by atoms with Crippen molar-refractivity contribution in [3.8, 4) is 11.1 Å². The molecule has 0 aromatic carbocycles. The summed E-state index contributed by atoms with van der Waals surface area (Å²) < 4.78 is 10.5. The molecule has 152 valence electrons. The minimum Gasteiger partial charge on any atom is -0.389 e. The SMILES string of the molecule is CC(C)(O)Cn1cc(-c2cnn(COCC[Si](C)(C)C)c2)c2cc(Br)ncc21. The molecule has 3 aromatic heterocycles. The van der Waals surface area contributed by atoms with Crippen molar-refractivity contribution in [3.63, 3.8) is 0 Å². The van der Waals surface area contributed by atoms with E-state index in [0.29, 0.717) is 13.3 Å². The molecule has 0 spiro atoms. The van der Waals surface area contributed by atoms with Crippen LogP contribution in [0.2, 0.25) is 25.7 Å². The van der Waals surface area contributed by atoms with Crippen LogP contribution in [0.25, 0.3) is 22.0 Å². The Morgan fingerprint density at radius 2 is 1.96 bits per heavy atom. The van der Waals surface area contributed by atoms with Crippen LogP contribution < -0.4 is 0 Å². The first-order valence-electron chi connectivity index (χ1n) is 9.49. The van der Waals surface area contributed by atoms with Gasteiger partial charge >= 0.3 is 0 Å². The molecule has 3 aromatic rings. The minimum absolute atomic E-state index is 0.456. The first-order valence-corrected chi connectivity index (χ1v) is 14.0. The molecule has 0 bridgehead atoms. The van der Waals surface area contributed by atoms with E-state index in [4.69, 9.17) is 4.74 Å². The van der Waals surface area contributed by atoms with Gasteiger partial charge in [0, 0.05) is 43.6 Å². The predicted octanol–water partition coefficient (Wildman–Crippen LogP) is 4.75. The minimum atomic E-state index is -1.08. The second-order valence-corrected chi connectivity index (χ2v) is 15.6. The van der Waals surface area contributed by atoms with Gasteiger partial charge in [0.15, 0.2) is 0 Å². The van der Waals surface area contributed by atoms with E-state index >= 15 is 0 Å². The van der Waals surface area contributed by atoms with Crippen molar-refractivity contribution < 1.29 is 9.84 Å². The van der Waals surface area contributed by atoms with Crippen LogP contribution in [0.15, 0.2) is 35.5 Å². The van der Waals surface area contributed by atoms with Crippen LogP contribution in [0.1, 0.15) is 13.8 Å². The second kappa shape index (κ2) is 8.10. The predicted molar refractivity (Wildman–Crippen MR) is 119 cm³/mol. The summed E-state index contributed by atoms with van der Waals surface area (Å²) in [4.78, 5) is 4.36. The van der Waals surface area contributed by atoms with E-state index in [1.54, 1.807) is 13.8 Å². The molecule has 0 aliphatic rings. The molecular weight excluding hydrogens is 436 g/mol. The van der Waals surface area contributed by atoms with Crippen molar-refractivity contribution in [2.75, 3.05) is 6.61 Å². The van der Waals surface area contributed by atoms with Gasteiger partial charge in [0.05, 0.1) is 30.1 Å². The van der Waals surface area contributed by atoms with Crippen molar-refractivity contribution in [1.82, 2.24) is 19.3 Å². The lowest BCUT2D eigenvalue weighted by atomic mass is 10.1. The maximum Gasteiger partial charge on any atom is 0.139 e. The average molecular weight is 465 g/mol. The largest absolute Gasteiger partial charge is 0.389 e. The fraction of sp³-hybridized carbons (Fsp3) is 0.500. The smallest absolute Gasteiger partial charge is 0.139 e. The number of ether oxygens (including phenoxy) is 1. The molecule has 1 N–H and O–H groups in total. The Labute approximate surface area is 175 Å². The van der Waals surface area contributed by atoms with Crippen molar-refractivity contribution in [1.29, 1.82) is 0 Å². The third-order valence-electron chi connectivity index (χ3n) is 4.46. The van der Waals surface area contributed by atoms with Crippen LogP contribution in [0, 0.1) is 0 Å². The molecule has 0 fully saturated rings. The summed E-state index contributed by atoms with van der Waals surface area (Å²) in [5.41, 5.74) is 2.26. The zero-order valence-corrected chi connectivity index (χ0v) is 19.8. The van der Waals surface area contributed by atoms with Crippen molar-refractivity contribution >= 4 is 34.9 Å². The average Bonchev–Trinajstić information content (AvgIpc) is 3.14. The Morgan fingerprint density at radius 3 is 2.64 bits per heavy atom. The van der Waals surface area contributed by atoms with E-state index in [1.165, 1.54) is 0 Å². The van der Waals surface area contributed by atoms with E-state index in [2.05, 4.69) is 51.9 Å². The van der Waals surface area contributed by atoms with E-state index in [9.17, 15) is 5.11 Å². The zero-order valence-electron chi connectivity index (χ0n) is 17.2. The van der Waals surface area contributed by atoms with Crippen LogP contribution in [0.3, 0.4) is 0 Å². The molecule has 0 aliphatic heterocycles.